The molecule has 2 heterocycles. The summed E-state index contributed by atoms with van der Waals surface area (Å²) in [6.45, 7) is 0. The van der Waals surface area contributed by atoms with Gasteiger partial charge in [-0.3, -0.25) is 5.10 Å². The summed E-state index contributed by atoms with van der Waals surface area (Å²) in [5.74, 6) is 0. The summed E-state index contributed by atoms with van der Waals surface area (Å²) in [4.78, 5) is 4.07. The van der Waals surface area contributed by atoms with E-state index in [4.69, 9.17) is 11.6 Å². The van der Waals surface area contributed by atoms with Crippen LogP contribution in [0.2, 0.25) is 5.15 Å². The van der Waals surface area contributed by atoms with Gasteiger partial charge in [0.05, 0.1) is 6.20 Å². The number of aromatic nitrogens is 3. The number of pyridine rings is 1. The molecule has 0 unspecified atom stereocenters. The number of rotatable bonds is 1. The Morgan fingerprint density at radius 2 is 2.42 bits per heavy atom. The summed E-state index contributed by atoms with van der Waals surface area (Å²) in [6, 6.07) is 1.83. The second-order valence-corrected chi connectivity index (χ2v) is 3.32. The Balaban J connectivity index is 2.80. The normalized spacial score (nSPS) is 10.8. The van der Waals surface area contributed by atoms with Gasteiger partial charge in [0.15, 0.2) is 5.65 Å². The number of nitrogens with one attached hydrogen (secondary N) is 1. The van der Waals surface area contributed by atoms with Gasteiger partial charge in [0.2, 0.25) is 0 Å². The van der Waals surface area contributed by atoms with Crippen molar-refractivity contribution in [1.82, 2.24) is 15.2 Å². The van der Waals surface area contributed by atoms with Crippen LogP contribution in [0, 0.1) is 0 Å². The Kier molecular flexibility index (Phi) is 2.02. The van der Waals surface area contributed by atoms with Gasteiger partial charge < -0.3 is 0 Å². The summed E-state index contributed by atoms with van der Waals surface area (Å²) < 4.78 is 0. The molecule has 62 valence electrons. The van der Waals surface area contributed by atoms with Crippen molar-refractivity contribution < 1.29 is 0 Å². The third-order valence-electron chi connectivity index (χ3n) is 1.62. The minimum atomic E-state index is 0.487. The molecule has 0 fully saturated rings. The molecule has 0 aliphatic heterocycles. The first-order chi connectivity index (χ1) is 5.81. The monoisotopic (exact) mass is 245 g/mol. The highest BCUT2D eigenvalue weighted by Gasteiger charge is 2.04. The molecule has 0 radical (unpaired) electrons. The van der Waals surface area contributed by atoms with E-state index < -0.39 is 0 Å². The van der Waals surface area contributed by atoms with E-state index >= 15 is 0 Å². The Labute approximate surface area is 82.3 Å². The zero-order valence-corrected chi connectivity index (χ0v) is 8.35. The number of fused-ring (bicyclic) bond motifs is 1. The van der Waals surface area contributed by atoms with Crippen molar-refractivity contribution in [1.29, 1.82) is 0 Å². The molecule has 0 atom stereocenters. The van der Waals surface area contributed by atoms with Crippen LogP contribution < -0.4 is 0 Å². The van der Waals surface area contributed by atoms with Crippen LogP contribution in [-0.4, -0.2) is 15.2 Å². The molecule has 0 spiro atoms. The number of H-pyrrole nitrogens is 1. The fourth-order valence-electron chi connectivity index (χ4n) is 1.07. The van der Waals surface area contributed by atoms with E-state index in [-0.39, 0.29) is 0 Å². The van der Waals surface area contributed by atoms with Crippen LogP contribution in [0.5, 0.6) is 0 Å². The first-order valence-electron chi connectivity index (χ1n) is 3.35. The molecule has 0 amide bonds. The van der Waals surface area contributed by atoms with E-state index in [1.807, 2.05) is 6.07 Å². The minimum absolute atomic E-state index is 0.487. The van der Waals surface area contributed by atoms with Gasteiger partial charge in [0.25, 0.3) is 0 Å². The van der Waals surface area contributed by atoms with Crippen molar-refractivity contribution in [3.8, 4) is 0 Å². The fourth-order valence-corrected chi connectivity index (χ4v) is 1.75. The second kappa shape index (κ2) is 3.03. The molecule has 0 aliphatic rings. The smallest absolute Gasteiger partial charge is 0.157 e. The topological polar surface area (TPSA) is 41.6 Å². The Morgan fingerprint density at radius 3 is 3.17 bits per heavy atom. The van der Waals surface area contributed by atoms with Crippen molar-refractivity contribution in [3.05, 3.63) is 23.0 Å². The maximum atomic E-state index is 5.78. The van der Waals surface area contributed by atoms with Gasteiger partial charge >= 0.3 is 0 Å². The average molecular weight is 246 g/mol. The standard InChI is InChI=1S/C7H5BrClN3/c8-2-4-1-6(9)11-7-5(4)3-10-12-7/h1,3H,2H2,(H,10,11,12). The lowest BCUT2D eigenvalue weighted by atomic mass is 10.2. The van der Waals surface area contributed by atoms with Crippen LogP contribution in [0.1, 0.15) is 5.56 Å². The van der Waals surface area contributed by atoms with E-state index in [1.165, 1.54) is 0 Å². The third kappa shape index (κ3) is 1.21. The Hall–Kier alpha value is -0.610. The zero-order chi connectivity index (χ0) is 8.55. The average Bonchev–Trinajstić information content (AvgIpc) is 2.50. The van der Waals surface area contributed by atoms with E-state index in [1.54, 1.807) is 6.20 Å². The zero-order valence-electron chi connectivity index (χ0n) is 6.01. The minimum Gasteiger partial charge on any atom is -0.261 e. The van der Waals surface area contributed by atoms with Crippen molar-refractivity contribution in [2.75, 3.05) is 0 Å². The summed E-state index contributed by atoms with van der Waals surface area (Å²) in [7, 11) is 0. The van der Waals surface area contributed by atoms with Gasteiger partial charge in [0, 0.05) is 10.7 Å². The second-order valence-electron chi connectivity index (χ2n) is 2.37. The van der Waals surface area contributed by atoms with E-state index in [0.29, 0.717) is 5.15 Å². The fraction of sp³-hybridized carbons (Fsp3) is 0.143. The number of halogens is 2. The van der Waals surface area contributed by atoms with E-state index in [0.717, 1.165) is 21.9 Å². The molecular formula is C7H5BrClN3. The van der Waals surface area contributed by atoms with Crippen LogP contribution >= 0.6 is 27.5 Å². The van der Waals surface area contributed by atoms with Gasteiger partial charge in [-0.15, -0.1) is 0 Å². The molecule has 0 aliphatic carbocycles. The van der Waals surface area contributed by atoms with Crippen molar-refractivity contribution in [3.63, 3.8) is 0 Å². The van der Waals surface area contributed by atoms with Crippen molar-refractivity contribution in [2.24, 2.45) is 0 Å². The molecule has 12 heavy (non-hydrogen) atoms. The highest BCUT2D eigenvalue weighted by atomic mass is 79.9. The lowest BCUT2D eigenvalue weighted by molar-refractivity contribution is 1.10. The molecule has 2 aromatic rings. The van der Waals surface area contributed by atoms with Gasteiger partial charge in [0.1, 0.15) is 5.15 Å². The predicted molar refractivity (Wildman–Crippen MR) is 51.5 cm³/mol. The van der Waals surface area contributed by atoms with Gasteiger partial charge in [-0.1, -0.05) is 27.5 Å². The summed E-state index contributed by atoms with van der Waals surface area (Å²) in [5.41, 5.74) is 1.83. The lowest BCUT2D eigenvalue weighted by Crippen LogP contribution is -1.84. The number of hydrogen-bond donors (Lipinski definition) is 1. The number of hydrogen-bond acceptors (Lipinski definition) is 2. The van der Waals surface area contributed by atoms with Gasteiger partial charge in [-0.2, -0.15) is 5.10 Å². The summed E-state index contributed by atoms with van der Waals surface area (Å²) >= 11 is 9.15. The van der Waals surface area contributed by atoms with Crippen LogP contribution in [0.4, 0.5) is 0 Å². The highest BCUT2D eigenvalue weighted by Crippen LogP contribution is 2.20. The predicted octanol–water partition coefficient (Wildman–Crippen LogP) is 2.51. The lowest BCUT2D eigenvalue weighted by Gasteiger charge is -1.97. The van der Waals surface area contributed by atoms with Crippen LogP contribution in [0.15, 0.2) is 12.3 Å². The number of alkyl halides is 1. The Bertz CT molecular complexity index is 412. The number of nitrogens with zero attached hydrogens (tertiary/aromatic N) is 2. The molecule has 0 aromatic carbocycles. The van der Waals surface area contributed by atoms with Gasteiger partial charge in [-0.25, -0.2) is 4.98 Å². The Morgan fingerprint density at radius 1 is 1.58 bits per heavy atom. The quantitative estimate of drug-likeness (QED) is 0.620. The summed E-state index contributed by atoms with van der Waals surface area (Å²) in [6.07, 6.45) is 1.75. The molecular weight excluding hydrogens is 241 g/mol. The maximum Gasteiger partial charge on any atom is 0.157 e. The first-order valence-corrected chi connectivity index (χ1v) is 4.85. The van der Waals surface area contributed by atoms with Crippen LogP contribution in [0.3, 0.4) is 0 Å². The third-order valence-corrected chi connectivity index (χ3v) is 2.42. The molecule has 3 nitrogen and oxygen atoms in total. The highest BCUT2D eigenvalue weighted by molar-refractivity contribution is 9.08. The molecule has 2 rings (SSSR count). The van der Waals surface area contributed by atoms with Gasteiger partial charge in [-0.05, 0) is 11.6 Å². The largest absolute Gasteiger partial charge is 0.261 e. The number of aromatic amines is 1. The SMILES string of the molecule is Clc1cc(CBr)c2cn[nH]c2n1. The molecule has 2 aromatic heterocycles. The van der Waals surface area contributed by atoms with Crippen molar-refractivity contribution in [2.45, 2.75) is 5.33 Å². The molecule has 1 N–H and O–H groups in total. The van der Waals surface area contributed by atoms with E-state index in [9.17, 15) is 0 Å². The van der Waals surface area contributed by atoms with Crippen LogP contribution in [-0.2, 0) is 5.33 Å². The maximum absolute atomic E-state index is 5.78. The molecule has 0 saturated heterocycles. The first kappa shape index (κ1) is 8.01. The molecule has 0 bridgehead atoms. The van der Waals surface area contributed by atoms with E-state index in [2.05, 4.69) is 31.1 Å². The van der Waals surface area contributed by atoms with Crippen molar-refractivity contribution >= 4 is 38.6 Å². The molecule has 5 heteroatoms. The van der Waals surface area contributed by atoms with Crippen LogP contribution in [0.25, 0.3) is 11.0 Å². The summed E-state index contributed by atoms with van der Waals surface area (Å²) in [5, 5.41) is 8.91. The molecule has 0 saturated carbocycles.